The number of amides is 1. The Bertz CT molecular complexity index is 1540. The molecule has 1 unspecified atom stereocenters. The minimum atomic E-state index is -0.519. The van der Waals surface area contributed by atoms with Gasteiger partial charge in [-0.1, -0.05) is 65.7 Å². The van der Waals surface area contributed by atoms with Gasteiger partial charge in [-0.2, -0.15) is 0 Å². The van der Waals surface area contributed by atoms with Crippen LogP contribution in [-0.2, 0) is 11.3 Å². The lowest BCUT2D eigenvalue weighted by Gasteiger charge is -2.37. The molecule has 1 fully saturated rings. The lowest BCUT2D eigenvalue weighted by Crippen LogP contribution is -2.44. The van der Waals surface area contributed by atoms with Crippen LogP contribution in [0.5, 0.6) is 0 Å². The molecule has 1 aliphatic rings. The highest BCUT2D eigenvalue weighted by Crippen LogP contribution is 2.34. The molecule has 1 saturated heterocycles. The standard InChI is InChI=1S/C32H33Cl2N5O2/c1-32(2,3)41-31(40)39-14-12-22(13-15-39)30(36-19-29-37-27-17-25(33)26(34)18-28(27)38-29)21-10-8-20(9-11-21)23-6-5-7-24(16-23)35-4/h5-11,16-18,22,30,36H,12-15,19H2,1-3H3,(H,37,38). The first-order valence-electron chi connectivity index (χ1n) is 13.7. The molecule has 41 heavy (non-hydrogen) atoms. The first kappa shape index (κ1) is 28.9. The largest absolute Gasteiger partial charge is 0.444 e. The number of imidazole rings is 1. The third kappa shape index (κ3) is 7.02. The number of carbonyl (C=O) groups excluding carboxylic acids is 1. The number of carbonyl (C=O) groups is 1. The average Bonchev–Trinajstić information content (AvgIpc) is 3.34. The number of hydrogen-bond donors (Lipinski definition) is 2. The Kier molecular flexibility index (Phi) is 8.55. The van der Waals surface area contributed by atoms with Crippen molar-refractivity contribution in [2.75, 3.05) is 13.1 Å². The number of halogens is 2. The molecule has 0 aliphatic carbocycles. The van der Waals surface area contributed by atoms with E-state index in [1.807, 2.05) is 45.0 Å². The zero-order valence-electron chi connectivity index (χ0n) is 23.4. The van der Waals surface area contributed by atoms with Crippen LogP contribution in [0.2, 0.25) is 10.0 Å². The Morgan fingerprint density at radius 2 is 1.80 bits per heavy atom. The number of likely N-dealkylation sites (tertiary alicyclic amines) is 1. The summed E-state index contributed by atoms with van der Waals surface area (Å²) in [7, 11) is 0. The van der Waals surface area contributed by atoms with Gasteiger partial charge >= 0.3 is 6.09 Å². The Morgan fingerprint density at radius 1 is 1.10 bits per heavy atom. The van der Waals surface area contributed by atoms with E-state index in [1.165, 1.54) is 0 Å². The molecule has 1 amide bonds. The summed E-state index contributed by atoms with van der Waals surface area (Å²) in [5.41, 5.74) is 4.94. The number of H-pyrrole nitrogens is 1. The van der Waals surface area contributed by atoms with Crippen LogP contribution in [0.15, 0.2) is 60.7 Å². The van der Waals surface area contributed by atoms with Crippen molar-refractivity contribution in [3.05, 3.63) is 93.5 Å². The van der Waals surface area contributed by atoms with Crippen molar-refractivity contribution in [1.82, 2.24) is 20.2 Å². The predicted octanol–water partition coefficient (Wildman–Crippen LogP) is 8.57. The second-order valence-corrected chi connectivity index (χ2v) is 12.2. The number of fused-ring (bicyclic) bond motifs is 1. The summed E-state index contributed by atoms with van der Waals surface area (Å²) >= 11 is 12.4. The number of nitrogens with one attached hydrogen (secondary N) is 2. The van der Waals surface area contributed by atoms with Gasteiger partial charge in [0.1, 0.15) is 11.4 Å². The zero-order valence-corrected chi connectivity index (χ0v) is 24.9. The second kappa shape index (κ2) is 12.1. The normalized spacial score (nSPS) is 15.1. The molecule has 1 atom stereocenters. The fourth-order valence-electron chi connectivity index (χ4n) is 5.28. The molecule has 9 heteroatoms. The number of benzene rings is 3. The minimum Gasteiger partial charge on any atom is -0.444 e. The van der Waals surface area contributed by atoms with Gasteiger partial charge in [0.25, 0.3) is 0 Å². The quantitative estimate of drug-likeness (QED) is 0.221. The van der Waals surface area contributed by atoms with Gasteiger partial charge in [0, 0.05) is 19.1 Å². The monoisotopic (exact) mass is 589 g/mol. The van der Waals surface area contributed by atoms with Crippen LogP contribution in [0.4, 0.5) is 10.5 Å². The molecule has 2 N–H and O–H groups in total. The number of piperidine rings is 1. The van der Waals surface area contributed by atoms with Crippen LogP contribution >= 0.6 is 23.2 Å². The fraction of sp³-hybridized carbons (Fsp3) is 0.344. The Labute approximate surface area is 250 Å². The van der Waals surface area contributed by atoms with E-state index in [0.29, 0.717) is 41.3 Å². The lowest BCUT2D eigenvalue weighted by molar-refractivity contribution is 0.0168. The highest BCUT2D eigenvalue weighted by atomic mass is 35.5. The molecule has 2 heterocycles. The van der Waals surface area contributed by atoms with Crippen molar-refractivity contribution in [3.63, 3.8) is 0 Å². The van der Waals surface area contributed by atoms with E-state index in [0.717, 1.165) is 46.4 Å². The van der Waals surface area contributed by atoms with Crippen molar-refractivity contribution in [1.29, 1.82) is 0 Å². The van der Waals surface area contributed by atoms with E-state index in [2.05, 4.69) is 39.4 Å². The van der Waals surface area contributed by atoms with Crippen molar-refractivity contribution >= 4 is 46.0 Å². The van der Waals surface area contributed by atoms with Gasteiger partial charge in [-0.25, -0.2) is 14.6 Å². The van der Waals surface area contributed by atoms with Crippen molar-refractivity contribution in [2.45, 2.75) is 51.8 Å². The molecule has 1 aliphatic heterocycles. The van der Waals surface area contributed by atoms with E-state index in [-0.39, 0.29) is 12.1 Å². The first-order chi connectivity index (χ1) is 19.6. The van der Waals surface area contributed by atoms with Crippen molar-refractivity contribution < 1.29 is 9.53 Å². The van der Waals surface area contributed by atoms with Gasteiger partial charge in [0.15, 0.2) is 5.69 Å². The fourth-order valence-corrected chi connectivity index (χ4v) is 5.61. The van der Waals surface area contributed by atoms with Crippen LogP contribution < -0.4 is 5.32 Å². The number of hydrogen-bond acceptors (Lipinski definition) is 4. The minimum absolute atomic E-state index is 0.0415. The zero-order chi connectivity index (χ0) is 29.1. The van der Waals surface area contributed by atoms with Crippen LogP contribution in [0, 0.1) is 12.5 Å². The maximum absolute atomic E-state index is 12.7. The molecule has 7 nitrogen and oxygen atoms in total. The molecule has 0 radical (unpaired) electrons. The molecule has 1 aromatic heterocycles. The van der Waals surface area contributed by atoms with Crippen LogP contribution in [0.1, 0.15) is 51.0 Å². The molecule has 3 aromatic carbocycles. The smallest absolute Gasteiger partial charge is 0.410 e. The van der Waals surface area contributed by atoms with Crippen LogP contribution in [0.25, 0.3) is 27.0 Å². The Balaban J connectivity index is 1.36. The summed E-state index contributed by atoms with van der Waals surface area (Å²) in [5.74, 6) is 1.10. The van der Waals surface area contributed by atoms with E-state index >= 15 is 0 Å². The van der Waals surface area contributed by atoms with Gasteiger partial charge < -0.3 is 19.9 Å². The van der Waals surface area contributed by atoms with Gasteiger partial charge in [-0.3, -0.25) is 0 Å². The summed E-state index contributed by atoms with van der Waals surface area (Å²) < 4.78 is 5.60. The molecule has 0 saturated carbocycles. The van der Waals surface area contributed by atoms with E-state index in [4.69, 9.17) is 39.5 Å². The van der Waals surface area contributed by atoms with E-state index in [1.54, 1.807) is 17.0 Å². The predicted molar refractivity (Wildman–Crippen MR) is 164 cm³/mol. The molecular weight excluding hydrogens is 557 g/mol. The topological polar surface area (TPSA) is 74.6 Å². The number of aromatic nitrogens is 2. The van der Waals surface area contributed by atoms with Crippen molar-refractivity contribution in [3.8, 4) is 11.1 Å². The lowest BCUT2D eigenvalue weighted by atomic mass is 9.85. The molecule has 0 bridgehead atoms. The van der Waals surface area contributed by atoms with Gasteiger partial charge in [-0.05, 0) is 74.4 Å². The molecular formula is C32H33Cl2N5O2. The number of aromatic amines is 1. The summed E-state index contributed by atoms with van der Waals surface area (Å²) in [6.45, 7) is 14.8. The highest BCUT2D eigenvalue weighted by Gasteiger charge is 2.31. The van der Waals surface area contributed by atoms with E-state index in [9.17, 15) is 4.79 Å². The first-order valence-corrected chi connectivity index (χ1v) is 14.5. The SMILES string of the molecule is [C-]#[N+]c1cccc(-c2ccc(C(NCc3nc4cc(Cl)c(Cl)cc4[nH]3)C3CCN(C(=O)OC(C)(C)C)CC3)cc2)c1. The summed E-state index contributed by atoms with van der Waals surface area (Å²) in [6.07, 6.45) is 1.43. The van der Waals surface area contributed by atoms with Crippen LogP contribution in [-0.4, -0.2) is 39.7 Å². The number of ether oxygens (including phenoxy) is 1. The Hall–Kier alpha value is -3.57. The molecule has 212 valence electrons. The summed E-state index contributed by atoms with van der Waals surface area (Å²) in [5, 5.41) is 4.70. The molecule has 4 aromatic rings. The van der Waals surface area contributed by atoms with Crippen molar-refractivity contribution in [2.24, 2.45) is 5.92 Å². The summed E-state index contributed by atoms with van der Waals surface area (Å²) in [4.78, 5) is 26.1. The van der Waals surface area contributed by atoms with Gasteiger partial charge in [0.05, 0.1) is 34.2 Å². The number of nitrogens with zero attached hydrogens (tertiary/aromatic N) is 3. The van der Waals surface area contributed by atoms with E-state index < -0.39 is 5.60 Å². The highest BCUT2D eigenvalue weighted by molar-refractivity contribution is 6.42. The maximum atomic E-state index is 12.7. The van der Waals surface area contributed by atoms with Gasteiger partial charge in [0.2, 0.25) is 0 Å². The third-order valence-corrected chi connectivity index (χ3v) is 8.03. The average molecular weight is 591 g/mol. The maximum Gasteiger partial charge on any atom is 0.410 e. The second-order valence-electron chi connectivity index (χ2n) is 11.4. The van der Waals surface area contributed by atoms with Gasteiger partial charge in [-0.15, -0.1) is 0 Å². The Morgan fingerprint density at radius 3 is 2.49 bits per heavy atom. The molecule has 5 rings (SSSR count). The molecule has 0 spiro atoms. The number of rotatable bonds is 6. The third-order valence-electron chi connectivity index (χ3n) is 7.30. The van der Waals surface area contributed by atoms with Crippen LogP contribution in [0.3, 0.4) is 0 Å². The summed E-state index contributed by atoms with van der Waals surface area (Å²) in [6, 6.07) is 19.8.